The molecule has 136 valence electrons. The van der Waals surface area contributed by atoms with Crippen molar-refractivity contribution < 1.29 is 19.4 Å². The quantitative estimate of drug-likeness (QED) is 0.665. The van der Waals surface area contributed by atoms with Gasteiger partial charge in [-0.2, -0.15) is 0 Å². The van der Waals surface area contributed by atoms with Crippen LogP contribution in [0.4, 0.5) is 4.79 Å². The van der Waals surface area contributed by atoms with Crippen molar-refractivity contribution in [3.05, 3.63) is 21.9 Å². The van der Waals surface area contributed by atoms with Crippen LogP contribution in [0.5, 0.6) is 0 Å². The minimum atomic E-state index is -0.816. The van der Waals surface area contributed by atoms with E-state index in [1.54, 1.807) is 4.90 Å². The van der Waals surface area contributed by atoms with Gasteiger partial charge in [0.25, 0.3) is 0 Å². The Kier molecular flexibility index (Phi) is 8.21. The van der Waals surface area contributed by atoms with Gasteiger partial charge < -0.3 is 20.1 Å². The molecule has 0 aromatic carbocycles. The summed E-state index contributed by atoms with van der Waals surface area (Å²) in [7, 11) is 0. The van der Waals surface area contributed by atoms with Crippen LogP contribution < -0.4 is 5.32 Å². The first-order valence-corrected chi connectivity index (χ1v) is 9.01. The summed E-state index contributed by atoms with van der Waals surface area (Å²) < 4.78 is 5.41. The first-order valence-electron chi connectivity index (χ1n) is 8.19. The van der Waals surface area contributed by atoms with Crippen LogP contribution in [0.1, 0.15) is 43.9 Å². The number of thiophene rings is 1. The van der Waals surface area contributed by atoms with Crippen molar-refractivity contribution >= 4 is 23.4 Å². The van der Waals surface area contributed by atoms with E-state index in [4.69, 9.17) is 9.84 Å². The Hall–Kier alpha value is -1.60. The Morgan fingerprint density at radius 2 is 1.92 bits per heavy atom. The van der Waals surface area contributed by atoms with Crippen LogP contribution in [-0.2, 0) is 22.5 Å². The molecule has 0 fully saturated rings. The van der Waals surface area contributed by atoms with E-state index in [2.05, 4.69) is 5.32 Å². The zero-order chi connectivity index (χ0) is 18.2. The maximum atomic E-state index is 12.1. The number of nitrogens with one attached hydrogen (secondary N) is 1. The third-order valence-corrected chi connectivity index (χ3v) is 4.13. The minimum absolute atomic E-state index is 0.0631. The molecule has 0 aliphatic rings. The van der Waals surface area contributed by atoms with Crippen molar-refractivity contribution in [3.63, 3.8) is 0 Å². The predicted octanol–water partition coefficient (Wildman–Crippen LogP) is 3.11. The van der Waals surface area contributed by atoms with E-state index in [1.165, 1.54) is 11.3 Å². The molecule has 0 aliphatic heterocycles. The van der Waals surface area contributed by atoms with Gasteiger partial charge in [-0.15, -0.1) is 11.3 Å². The molecule has 0 spiro atoms. The number of carbonyl (C=O) groups excluding carboxylic acids is 1. The van der Waals surface area contributed by atoms with Crippen LogP contribution in [0.3, 0.4) is 0 Å². The van der Waals surface area contributed by atoms with Crippen molar-refractivity contribution in [2.75, 3.05) is 19.6 Å². The molecule has 1 amide bonds. The number of ether oxygens (including phenoxy) is 1. The summed E-state index contributed by atoms with van der Waals surface area (Å²) >= 11 is 1.50. The Morgan fingerprint density at radius 1 is 1.25 bits per heavy atom. The van der Waals surface area contributed by atoms with Gasteiger partial charge in [-0.25, -0.2) is 4.79 Å². The van der Waals surface area contributed by atoms with Gasteiger partial charge in [0.15, 0.2) is 0 Å². The number of rotatable bonds is 9. The number of carbonyl (C=O) groups is 2. The number of amides is 1. The predicted molar refractivity (Wildman–Crippen MR) is 95.5 cm³/mol. The molecule has 0 aliphatic carbocycles. The minimum Gasteiger partial charge on any atom is -0.481 e. The summed E-state index contributed by atoms with van der Waals surface area (Å²) in [5, 5.41) is 12.1. The van der Waals surface area contributed by atoms with Crippen LogP contribution in [0.25, 0.3) is 0 Å². The van der Waals surface area contributed by atoms with Crippen molar-refractivity contribution in [1.29, 1.82) is 0 Å². The summed E-state index contributed by atoms with van der Waals surface area (Å²) in [4.78, 5) is 26.5. The maximum Gasteiger partial charge on any atom is 0.410 e. The number of aliphatic carboxylic acids is 1. The second kappa shape index (κ2) is 9.64. The van der Waals surface area contributed by atoms with E-state index in [0.29, 0.717) is 26.2 Å². The molecule has 1 heterocycles. The average Bonchev–Trinajstić information content (AvgIpc) is 2.87. The second-order valence-electron chi connectivity index (χ2n) is 6.58. The smallest absolute Gasteiger partial charge is 0.410 e. The molecule has 0 radical (unpaired) electrons. The van der Waals surface area contributed by atoms with Gasteiger partial charge in [-0.05, 0) is 39.3 Å². The van der Waals surface area contributed by atoms with Crippen molar-refractivity contribution in [1.82, 2.24) is 10.2 Å². The van der Waals surface area contributed by atoms with Crippen LogP contribution in [-0.4, -0.2) is 47.3 Å². The molecule has 0 saturated heterocycles. The standard InChI is InChI=1S/C17H28N2O4S/c1-5-9-19(16(22)23-17(2,3)4)10-8-18-12-14-7-6-13(24-14)11-15(20)21/h6-7,18H,5,8-12H2,1-4H3,(H,20,21). The lowest BCUT2D eigenvalue weighted by Gasteiger charge is -2.27. The zero-order valence-corrected chi connectivity index (χ0v) is 15.7. The second-order valence-corrected chi connectivity index (χ2v) is 7.84. The number of nitrogens with zero attached hydrogens (tertiary/aromatic N) is 1. The summed E-state index contributed by atoms with van der Waals surface area (Å²) in [6, 6.07) is 3.79. The van der Waals surface area contributed by atoms with Crippen molar-refractivity contribution in [3.8, 4) is 0 Å². The lowest BCUT2D eigenvalue weighted by molar-refractivity contribution is -0.136. The number of hydrogen-bond donors (Lipinski definition) is 2. The summed E-state index contributed by atoms with van der Waals surface area (Å²) in [5.74, 6) is -0.816. The van der Waals surface area contributed by atoms with E-state index >= 15 is 0 Å². The van der Waals surface area contributed by atoms with Crippen molar-refractivity contribution in [2.24, 2.45) is 0 Å². The Labute approximate surface area is 147 Å². The van der Waals surface area contributed by atoms with Gasteiger partial charge in [-0.1, -0.05) is 6.92 Å². The Balaban J connectivity index is 2.38. The van der Waals surface area contributed by atoms with Gasteiger partial charge in [0.05, 0.1) is 6.42 Å². The lowest BCUT2D eigenvalue weighted by atomic mass is 10.2. The van der Waals surface area contributed by atoms with Crippen LogP contribution in [0.2, 0.25) is 0 Å². The van der Waals surface area contributed by atoms with E-state index in [9.17, 15) is 9.59 Å². The Bertz CT molecular complexity index is 537. The first-order chi connectivity index (χ1) is 11.2. The molecule has 1 rings (SSSR count). The SMILES string of the molecule is CCCN(CCNCc1ccc(CC(=O)O)s1)C(=O)OC(C)(C)C. The van der Waals surface area contributed by atoms with Crippen LogP contribution >= 0.6 is 11.3 Å². The summed E-state index contributed by atoms with van der Waals surface area (Å²) in [6.45, 7) is 10.2. The summed E-state index contributed by atoms with van der Waals surface area (Å²) in [5.41, 5.74) is -0.492. The highest BCUT2D eigenvalue weighted by Gasteiger charge is 2.21. The lowest BCUT2D eigenvalue weighted by Crippen LogP contribution is -2.40. The fourth-order valence-corrected chi connectivity index (χ4v) is 3.06. The van der Waals surface area contributed by atoms with Gasteiger partial charge in [0.1, 0.15) is 5.60 Å². The number of hydrogen-bond acceptors (Lipinski definition) is 5. The van der Waals surface area contributed by atoms with Gasteiger partial charge >= 0.3 is 12.1 Å². The highest BCUT2D eigenvalue weighted by Crippen LogP contribution is 2.16. The molecule has 0 atom stereocenters. The molecular formula is C17H28N2O4S. The summed E-state index contributed by atoms with van der Waals surface area (Å²) in [6.07, 6.45) is 0.655. The van der Waals surface area contributed by atoms with Gasteiger partial charge in [0, 0.05) is 35.9 Å². The highest BCUT2D eigenvalue weighted by molar-refractivity contribution is 7.12. The topological polar surface area (TPSA) is 78.9 Å². The highest BCUT2D eigenvalue weighted by atomic mass is 32.1. The fourth-order valence-electron chi connectivity index (χ4n) is 2.08. The normalized spacial score (nSPS) is 11.3. The molecule has 2 N–H and O–H groups in total. The molecule has 1 aromatic rings. The molecule has 1 aromatic heterocycles. The van der Waals surface area contributed by atoms with Gasteiger partial charge in [0.2, 0.25) is 0 Å². The van der Waals surface area contributed by atoms with Crippen molar-refractivity contribution in [2.45, 2.75) is 52.7 Å². The molecule has 6 nitrogen and oxygen atoms in total. The fraction of sp³-hybridized carbons (Fsp3) is 0.647. The monoisotopic (exact) mass is 356 g/mol. The maximum absolute atomic E-state index is 12.1. The molecule has 0 unspecified atom stereocenters. The third-order valence-electron chi connectivity index (χ3n) is 3.05. The molecule has 24 heavy (non-hydrogen) atoms. The van der Waals surface area contributed by atoms with Crippen LogP contribution in [0.15, 0.2) is 12.1 Å². The zero-order valence-electron chi connectivity index (χ0n) is 14.9. The van der Waals surface area contributed by atoms with Crippen LogP contribution in [0, 0.1) is 0 Å². The van der Waals surface area contributed by atoms with E-state index < -0.39 is 11.6 Å². The number of carboxylic acids is 1. The number of carboxylic acid groups (broad SMARTS) is 1. The third kappa shape index (κ3) is 8.31. The molecule has 0 saturated carbocycles. The first kappa shape index (κ1) is 20.4. The Morgan fingerprint density at radius 3 is 2.50 bits per heavy atom. The molecule has 0 bridgehead atoms. The van der Waals surface area contributed by atoms with E-state index in [1.807, 2.05) is 39.8 Å². The van der Waals surface area contributed by atoms with E-state index in [-0.39, 0.29) is 12.5 Å². The van der Waals surface area contributed by atoms with E-state index in [0.717, 1.165) is 16.2 Å². The average molecular weight is 356 g/mol. The largest absolute Gasteiger partial charge is 0.481 e. The van der Waals surface area contributed by atoms with Gasteiger partial charge in [-0.3, -0.25) is 4.79 Å². The molecule has 7 heteroatoms. The molecular weight excluding hydrogens is 328 g/mol.